The van der Waals surface area contributed by atoms with E-state index >= 15 is 0 Å². The van der Waals surface area contributed by atoms with Crippen LogP contribution in [0.25, 0.3) is 0 Å². The number of pyridine rings is 1. The first-order valence-corrected chi connectivity index (χ1v) is 7.06. The number of hydrogen-bond donors (Lipinski definition) is 1. The smallest absolute Gasteiger partial charge is 0.225 e. The fourth-order valence-electron chi connectivity index (χ4n) is 2.04. The van der Waals surface area contributed by atoms with Crippen molar-refractivity contribution in [1.82, 2.24) is 4.98 Å². The second-order valence-corrected chi connectivity index (χ2v) is 4.96. The molecule has 0 bridgehead atoms. The molecule has 0 aliphatic carbocycles. The molecule has 0 atom stereocenters. The van der Waals surface area contributed by atoms with Gasteiger partial charge in [0.25, 0.3) is 0 Å². The maximum absolute atomic E-state index is 11.9. The highest BCUT2D eigenvalue weighted by molar-refractivity contribution is 5.89. The van der Waals surface area contributed by atoms with E-state index in [0.29, 0.717) is 30.2 Å². The molecule has 5 heteroatoms. The molecule has 0 aliphatic rings. The largest absolute Gasteiger partial charge is 0.493 e. The molecule has 2 aromatic rings. The molecular formula is C17H20N2O3. The molecule has 2 rings (SSSR count). The lowest BCUT2D eigenvalue weighted by Gasteiger charge is -2.09. The Bertz CT molecular complexity index is 639. The van der Waals surface area contributed by atoms with Crippen LogP contribution in [-0.2, 0) is 11.2 Å². The molecule has 5 nitrogen and oxygen atoms in total. The Kier molecular flexibility index (Phi) is 5.36. The Morgan fingerprint density at radius 1 is 1.14 bits per heavy atom. The number of nitrogens with zero attached hydrogens (tertiary/aromatic N) is 1. The Morgan fingerprint density at radius 2 is 1.91 bits per heavy atom. The summed E-state index contributed by atoms with van der Waals surface area (Å²) in [5.41, 5.74) is 2.08. The van der Waals surface area contributed by atoms with Crippen LogP contribution in [0.1, 0.15) is 17.5 Å². The van der Waals surface area contributed by atoms with Crippen molar-refractivity contribution in [3.63, 3.8) is 0 Å². The number of amides is 1. The summed E-state index contributed by atoms with van der Waals surface area (Å²) in [7, 11) is 3.19. The Balaban J connectivity index is 1.92. The Morgan fingerprint density at radius 3 is 2.55 bits per heavy atom. The first kappa shape index (κ1) is 15.8. The molecular weight excluding hydrogens is 280 g/mol. The molecule has 0 aliphatic heterocycles. The standard InChI is InChI=1S/C17H20N2O3/c1-12-4-8-16(18-11-12)19-17(20)9-6-13-5-7-14(21-2)15(10-13)22-3/h4-5,7-8,10-11H,6,9H2,1-3H3,(H,18,19,20). The zero-order valence-electron chi connectivity index (χ0n) is 13.1. The van der Waals surface area contributed by atoms with Crippen molar-refractivity contribution >= 4 is 11.7 Å². The Hall–Kier alpha value is -2.56. The van der Waals surface area contributed by atoms with Crippen LogP contribution in [0, 0.1) is 6.92 Å². The third-order valence-electron chi connectivity index (χ3n) is 3.27. The van der Waals surface area contributed by atoms with Crippen LogP contribution < -0.4 is 14.8 Å². The van der Waals surface area contributed by atoms with E-state index in [9.17, 15) is 4.79 Å². The van der Waals surface area contributed by atoms with Gasteiger partial charge in [-0.25, -0.2) is 4.98 Å². The fourth-order valence-corrected chi connectivity index (χ4v) is 2.04. The van der Waals surface area contributed by atoms with Crippen LogP contribution in [0.3, 0.4) is 0 Å². The predicted molar refractivity (Wildman–Crippen MR) is 85.5 cm³/mol. The van der Waals surface area contributed by atoms with Crippen LogP contribution in [0.2, 0.25) is 0 Å². The Labute approximate surface area is 130 Å². The normalized spacial score (nSPS) is 10.1. The van der Waals surface area contributed by atoms with Gasteiger partial charge in [-0.3, -0.25) is 4.79 Å². The van der Waals surface area contributed by atoms with Gasteiger partial charge in [-0.1, -0.05) is 12.1 Å². The molecule has 1 heterocycles. The second kappa shape index (κ2) is 7.45. The van der Waals surface area contributed by atoms with Gasteiger partial charge in [0.2, 0.25) is 5.91 Å². The van der Waals surface area contributed by atoms with Gasteiger partial charge < -0.3 is 14.8 Å². The number of benzene rings is 1. The molecule has 1 N–H and O–H groups in total. The number of hydrogen-bond acceptors (Lipinski definition) is 4. The first-order valence-electron chi connectivity index (χ1n) is 7.06. The van der Waals surface area contributed by atoms with E-state index in [1.807, 2.05) is 31.2 Å². The van der Waals surface area contributed by atoms with Crippen LogP contribution in [0.5, 0.6) is 11.5 Å². The van der Waals surface area contributed by atoms with Gasteiger partial charge in [0.1, 0.15) is 5.82 Å². The fraction of sp³-hybridized carbons (Fsp3) is 0.294. The lowest BCUT2D eigenvalue weighted by Crippen LogP contribution is -2.13. The van der Waals surface area contributed by atoms with E-state index in [-0.39, 0.29) is 5.91 Å². The number of nitrogens with one attached hydrogen (secondary N) is 1. The summed E-state index contributed by atoms with van der Waals surface area (Å²) in [5, 5.41) is 2.78. The van der Waals surface area contributed by atoms with Gasteiger partial charge in [-0.15, -0.1) is 0 Å². The van der Waals surface area contributed by atoms with Crippen LogP contribution in [0.4, 0.5) is 5.82 Å². The van der Waals surface area contributed by atoms with Crippen molar-refractivity contribution < 1.29 is 14.3 Å². The van der Waals surface area contributed by atoms with Gasteiger partial charge in [0.15, 0.2) is 11.5 Å². The van der Waals surface area contributed by atoms with Gasteiger partial charge in [-0.05, 0) is 42.7 Å². The maximum Gasteiger partial charge on any atom is 0.225 e. The average Bonchev–Trinajstić information content (AvgIpc) is 2.54. The first-order chi connectivity index (χ1) is 10.6. The highest BCUT2D eigenvalue weighted by Crippen LogP contribution is 2.27. The predicted octanol–water partition coefficient (Wildman–Crippen LogP) is 2.98. The third kappa shape index (κ3) is 4.22. The molecule has 1 aromatic carbocycles. The molecule has 0 saturated carbocycles. The minimum Gasteiger partial charge on any atom is -0.493 e. The molecule has 1 amide bonds. The number of rotatable bonds is 6. The lowest BCUT2D eigenvalue weighted by molar-refractivity contribution is -0.116. The van der Waals surface area contributed by atoms with Crippen molar-refractivity contribution in [3.8, 4) is 11.5 Å². The molecule has 1 aromatic heterocycles. The third-order valence-corrected chi connectivity index (χ3v) is 3.27. The van der Waals surface area contributed by atoms with Crippen LogP contribution in [-0.4, -0.2) is 25.1 Å². The van der Waals surface area contributed by atoms with Crippen molar-refractivity contribution in [2.45, 2.75) is 19.8 Å². The summed E-state index contributed by atoms with van der Waals surface area (Å²) in [6.45, 7) is 1.95. The van der Waals surface area contributed by atoms with E-state index < -0.39 is 0 Å². The summed E-state index contributed by atoms with van der Waals surface area (Å²) in [4.78, 5) is 16.1. The van der Waals surface area contributed by atoms with Gasteiger partial charge in [0, 0.05) is 12.6 Å². The van der Waals surface area contributed by atoms with E-state index in [1.54, 1.807) is 26.5 Å². The number of carbonyl (C=O) groups excluding carboxylic acids is 1. The van der Waals surface area contributed by atoms with Gasteiger partial charge >= 0.3 is 0 Å². The number of ether oxygens (including phenoxy) is 2. The van der Waals surface area contributed by atoms with Gasteiger partial charge in [-0.2, -0.15) is 0 Å². The highest BCUT2D eigenvalue weighted by atomic mass is 16.5. The molecule has 0 unspecified atom stereocenters. The van der Waals surface area contributed by atoms with Crippen molar-refractivity contribution in [2.75, 3.05) is 19.5 Å². The number of methoxy groups -OCH3 is 2. The molecule has 0 saturated heterocycles. The van der Waals surface area contributed by atoms with Crippen molar-refractivity contribution in [2.24, 2.45) is 0 Å². The summed E-state index contributed by atoms with van der Waals surface area (Å²) < 4.78 is 10.4. The number of aryl methyl sites for hydroxylation is 2. The zero-order valence-corrected chi connectivity index (χ0v) is 13.1. The molecule has 116 valence electrons. The summed E-state index contributed by atoms with van der Waals surface area (Å²) in [6.07, 6.45) is 2.73. The van der Waals surface area contributed by atoms with E-state index in [1.165, 1.54) is 0 Å². The zero-order chi connectivity index (χ0) is 15.9. The molecule has 0 spiro atoms. The number of anilines is 1. The van der Waals surface area contributed by atoms with Crippen LogP contribution >= 0.6 is 0 Å². The average molecular weight is 300 g/mol. The highest BCUT2D eigenvalue weighted by Gasteiger charge is 2.07. The van der Waals surface area contributed by atoms with Crippen molar-refractivity contribution in [1.29, 1.82) is 0 Å². The summed E-state index contributed by atoms with van der Waals surface area (Å²) >= 11 is 0. The number of carbonyl (C=O) groups is 1. The molecule has 22 heavy (non-hydrogen) atoms. The molecule has 0 radical (unpaired) electrons. The van der Waals surface area contributed by atoms with E-state index in [2.05, 4.69) is 10.3 Å². The van der Waals surface area contributed by atoms with Crippen molar-refractivity contribution in [3.05, 3.63) is 47.7 Å². The summed E-state index contributed by atoms with van der Waals surface area (Å²) in [5.74, 6) is 1.86. The lowest BCUT2D eigenvalue weighted by atomic mass is 10.1. The minimum atomic E-state index is -0.0638. The monoisotopic (exact) mass is 300 g/mol. The van der Waals surface area contributed by atoms with Gasteiger partial charge in [0.05, 0.1) is 14.2 Å². The maximum atomic E-state index is 11.9. The van der Waals surface area contributed by atoms with Crippen LogP contribution in [0.15, 0.2) is 36.5 Å². The minimum absolute atomic E-state index is 0.0638. The number of aromatic nitrogens is 1. The van der Waals surface area contributed by atoms with E-state index in [0.717, 1.165) is 11.1 Å². The molecule has 0 fully saturated rings. The topological polar surface area (TPSA) is 60.5 Å². The quantitative estimate of drug-likeness (QED) is 0.891. The second-order valence-electron chi connectivity index (χ2n) is 4.96. The summed E-state index contributed by atoms with van der Waals surface area (Å²) in [6, 6.07) is 9.36. The van der Waals surface area contributed by atoms with E-state index in [4.69, 9.17) is 9.47 Å². The SMILES string of the molecule is COc1ccc(CCC(=O)Nc2ccc(C)cn2)cc1OC.